The Kier molecular flexibility index (Phi) is 5.59. The highest BCUT2D eigenvalue weighted by molar-refractivity contribution is 7.08. The van der Waals surface area contributed by atoms with Gasteiger partial charge in [-0.1, -0.05) is 60.7 Å². The molecule has 0 spiro atoms. The van der Waals surface area contributed by atoms with Gasteiger partial charge in [-0.15, -0.1) is 0 Å². The number of benzene rings is 2. The minimum atomic E-state index is 0.00702. The first-order valence-corrected chi connectivity index (χ1v) is 10.1. The lowest BCUT2D eigenvalue weighted by Gasteiger charge is -2.09. The molecule has 3 nitrogen and oxygen atoms in total. The van der Waals surface area contributed by atoms with Crippen molar-refractivity contribution in [2.45, 2.75) is 13.0 Å². The van der Waals surface area contributed by atoms with Gasteiger partial charge in [0, 0.05) is 23.7 Å². The Hall–Kier alpha value is -3.24. The Balaban J connectivity index is 1.38. The summed E-state index contributed by atoms with van der Waals surface area (Å²) in [4.78, 5) is 16.9. The molecular weight excluding hydrogens is 364 g/mol. The zero-order valence-electron chi connectivity index (χ0n) is 15.3. The predicted octanol–water partition coefficient (Wildman–Crippen LogP) is 5.34. The molecule has 138 valence electrons. The van der Waals surface area contributed by atoms with Crippen molar-refractivity contribution in [3.63, 3.8) is 0 Å². The van der Waals surface area contributed by atoms with Crippen LogP contribution in [-0.4, -0.2) is 10.9 Å². The number of carbonyl (C=O) groups excluding carboxylic acids is 1. The van der Waals surface area contributed by atoms with Crippen LogP contribution >= 0.6 is 11.3 Å². The Morgan fingerprint density at radius 1 is 0.857 bits per heavy atom. The second-order valence-electron chi connectivity index (χ2n) is 6.54. The summed E-state index contributed by atoms with van der Waals surface area (Å²) in [6.07, 6.45) is 2.15. The third kappa shape index (κ3) is 4.35. The molecule has 0 unspecified atom stereocenters. The lowest BCUT2D eigenvalue weighted by atomic mass is 10.0. The molecule has 2 aromatic carbocycles. The maximum Gasteiger partial charge on any atom is 0.224 e. The van der Waals surface area contributed by atoms with Gasteiger partial charge in [-0.05, 0) is 39.8 Å². The molecule has 0 atom stereocenters. The summed E-state index contributed by atoms with van der Waals surface area (Å²) in [5.41, 5.74) is 6.37. The molecule has 0 saturated heterocycles. The second kappa shape index (κ2) is 8.63. The van der Waals surface area contributed by atoms with Gasteiger partial charge in [-0.2, -0.15) is 11.3 Å². The van der Waals surface area contributed by atoms with Gasteiger partial charge >= 0.3 is 0 Å². The molecule has 28 heavy (non-hydrogen) atoms. The number of carbonyl (C=O) groups is 1. The third-order valence-electron chi connectivity index (χ3n) is 4.59. The molecule has 0 radical (unpaired) electrons. The fraction of sp³-hybridized carbons (Fsp3) is 0.0833. The first-order chi connectivity index (χ1) is 13.8. The summed E-state index contributed by atoms with van der Waals surface area (Å²) in [5, 5.41) is 7.13. The Morgan fingerprint density at radius 3 is 2.39 bits per heavy atom. The van der Waals surface area contributed by atoms with Gasteiger partial charge in [0.15, 0.2) is 0 Å². The number of aromatic nitrogens is 1. The number of pyridine rings is 1. The van der Waals surface area contributed by atoms with Crippen LogP contribution in [0.5, 0.6) is 0 Å². The lowest BCUT2D eigenvalue weighted by Crippen LogP contribution is -2.24. The predicted molar refractivity (Wildman–Crippen MR) is 115 cm³/mol. The zero-order chi connectivity index (χ0) is 19.2. The molecule has 0 fully saturated rings. The first-order valence-electron chi connectivity index (χ1n) is 9.17. The molecule has 0 aliphatic carbocycles. The zero-order valence-corrected chi connectivity index (χ0v) is 16.2. The molecule has 0 aliphatic heterocycles. The molecule has 4 aromatic rings. The van der Waals surface area contributed by atoms with E-state index in [1.165, 1.54) is 5.56 Å². The molecule has 0 aliphatic rings. The van der Waals surface area contributed by atoms with Crippen LogP contribution in [0.4, 0.5) is 0 Å². The maximum absolute atomic E-state index is 12.4. The number of nitrogens with zero attached hydrogens (tertiary/aromatic N) is 1. The average molecular weight is 385 g/mol. The van der Waals surface area contributed by atoms with Crippen molar-refractivity contribution in [3.05, 3.63) is 101 Å². The first kappa shape index (κ1) is 18.1. The van der Waals surface area contributed by atoms with Crippen molar-refractivity contribution < 1.29 is 4.79 Å². The third-order valence-corrected chi connectivity index (χ3v) is 5.27. The standard InChI is InChI=1S/C24H20N2OS/c27-23(15-18-8-10-20(11-9-18)19-5-2-1-3-6-19)26-16-21-7-4-13-25-24(21)22-12-14-28-17-22/h1-14,17H,15-16H2,(H,26,27). The summed E-state index contributed by atoms with van der Waals surface area (Å²) in [6, 6.07) is 24.4. The molecule has 4 heteroatoms. The van der Waals surface area contributed by atoms with Gasteiger partial charge in [0.1, 0.15) is 0 Å². The van der Waals surface area contributed by atoms with Crippen LogP contribution in [0.15, 0.2) is 89.8 Å². The van der Waals surface area contributed by atoms with E-state index in [0.717, 1.165) is 27.9 Å². The monoisotopic (exact) mass is 384 g/mol. The number of thiophene rings is 1. The minimum absolute atomic E-state index is 0.00702. The van der Waals surface area contributed by atoms with Gasteiger partial charge in [0.05, 0.1) is 12.1 Å². The molecule has 0 bridgehead atoms. The highest BCUT2D eigenvalue weighted by atomic mass is 32.1. The highest BCUT2D eigenvalue weighted by Crippen LogP contribution is 2.23. The average Bonchev–Trinajstić information content (AvgIpc) is 3.28. The van der Waals surface area contributed by atoms with Crippen LogP contribution in [0.1, 0.15) is 11.1 Å². The second-order valence-corrected chi connectivity index (χ2v) is 7.32. The van der Waals surface area contributed by atoms with Gasteiger partial charge < -0.3 is 5.32 Å². The molecule has 1 amide bonds. The van der Waals surface area contributed by atoms with Gasteiger partial charge in [-0.3, -0.25) is 9.78 Å². The molecule has 0 saturated carbocycles. The van der Waals surface area contributed by atoms with E-state index in [1.807, 2.05) is 53.9 Å². The number of hydrogen-bond donors (Lipinski definition) is 1. The molecule has 2 heterocycles. The van der Waals surface area contributed by atoms with Gasteiger partial charge in [0.2, 0.25) is 5.91 Å². The van der Waals surface area contributed by atoms with E-state index in [9.17, 15) is 4.79 Å². The van der Waals surface area contributed by atoms with E-state index in [2.05, 4.69) is 39.9 Å². The van der Waals surface area contributed by atoms with Crippen LogP contribution in [0.25, 0.3) is 22.4 Å². The lowest BCUT2D eigenvalue weighted by molar-refractivity contribution is -0.120. The highest BCUT2D eigenvalue weighted by Gasteiger charge is 2.09. The van der Waals surface area contributed by atoms with Crippen LogP contribution in [0.2, 0.25) is 0 Å². The molecule has 4 rings (SSSR count). The Labute approximate surface area is 168 Å². The van der Waals surface area contributed by atoms with Crippen molar-refractivity contribution >= 4 is 17.2 Å². The fourth-order valence-electron chi connectivity index (χ4n) is 3.13. The number of nitrogens with one attached hydrogen (secondary N) is 1. The topological polar surface area (TPSA) is 42.0 Å². The number of amides is 1. The van der Waals surface area contributed by atoms with Gasteiger partial charge in [-0.25, -0.2) is 0 Å². The number of hydrogen-bond acceptors (Lipinski definition) is 3. The SMILES string of the molecule is O=C(Cc1ccc(-c2ccccc2)cc1)NCc1cccnc1-c1ccsc1. The summed E-state index contributed by atoms with van der Waals surface area (Å²) < 4.78 is 0. The van der Waals surface area contributed by atoms with E-state index >= 15 is 0 Å². The Bertz CT molecular complexity index is 1040. The van der Waals surface area contributed by atoms with E-state index in [-0.39, 0.29) is 5.91 Å². The van der Waals surface area contributed by atoms with Crippen molar-refractivity contribution in [1.29, 1.82) is 0 Å². The molecule has 2 aromatic heterocycles. The normalized spacial score (nSPS) is 10.6. The van der Waals surface area contributed by atoms with Crippen LogP contribution in [0.3, 0.4) is 0 Å². The van der Waals surface area contributed by atoms with E-state index < -0.39 is 0 Å². The van der Waals surface area contributed by atoms with Crippen molar-refractivity contribution in [2.24, 2.45) is 0 Å². The Morgan fingerprint density at radius 2 is 1.64 bits per heavy atom. The molecular formula is C24H20N2OS. The van der Waals surface area contributed by atoms with Crippen molar-refractivity contribution in [3.8, 4) is 22.4 Å². The van der Waals surface area contributed by atoms with Crippen molar-refractivity contribution in [2.75, 3.05) is 0 Å². The van der Waals surface area contributed by atoms with E-state index in [4.69, 9.17) is 0 Å². The number of rotatable bonds is 6. The summed E-state index contributed by atoms with van der Waals surface area (Å²) >= 11 is 1.64. The summed E-state index contributed by atoms with van der Waals surface area (Å²) in [6.45, 7) is 0.472. The smallest absolute Gasteiger partial charge is 0.224 e. The summed E-state index contributed by atoms with van der Waals surface area (Å²) in [5.74, 6) is 0.00702. The van der Waals surface area contributed by atoms with Crippen LogP contribution < -0.4 is 5.32 Å². The van der Waals surface area contributed by atoms with E-state index in [0.29, 0.717) is 13.0 Å². The molecule has 1 N–H and O–H groups in total. The summed E-state index contributed by atoms with van der Waals surface area (Å²) in [7, 11) is 0. The van der Waals surface area contributed by atoms with Crippen molar-refractivity contribution in [1.82, 2.24) is 10.3 Å². The maximum atomic E-state index is 12.4. The van der Waals surface area contributed by atoms with E-state index in [1.54, 1.807) is 17.5 Å². The van der Waals surface area contributed by atoms with Crippen LogP contribution in [-0.2, 0) is 17.8 Å². The minimum Gasteiger partial charge on any atom is -0.352 e. The quantitative estimate of drug-likeness (QED) is 0.488. The van der Waals surface area contributed by atoms with Crippen LogP contribution in [0, 0.1) is 0 Å². The fourth-order valence-corrected chi connectivity index (χ4v) is 3.77. The van der Waals surface area contributed by atoms with Gasteiger partial charge in [0.25, 0.3) is 0 Å². The largest absolute Gasteiger partial charge is 0.352 e.